The Kier molecular flexibility index (Phi) is 0.934. The molecule has 0 aromatic rings. The topological polar surface area (TPSA) is 17.1 Å². The molecule has 10 heavy (non-hydrogen) atoms. The van der Waals surface area contributed by atoms with Crippen LogP contribution in [0.1, 0.15) is 27.2 Å². The molecule has 0 aromatic carbocycles. The third-order valence-corrected chi connectivity index (χ3v) is 3.28. The minimum absolute atomic E-state index is 0.321. The van der Waals surface area contributed by atoms with Gasteiger partial charge in [-0.3, -0.25) is 4.79 Å². The van der Waals surface area contributed by atoms with Gasteiger partial charge in [0.1, 0.15) is 5.78 Å². The van der Waals surface area contributed by atoms with Crippen LogP contribution in [0.4, 0.5) is 0 Å². The fourth-order valence-corrected chi connectivity index (χ4v) is 2.84. The molecule has 0 aromatic heterocycles. The van der Waals surface area contributed by atoms with E-state index >= 15 is 0 Å². The van der Waals surface area contributed by atoms with Gasteiger partial charge in [-0.15, -0.1) is 0 Å². The van der Waals surface area contributed by atoms with Crippen LogP contribution in [0.15, 0.2) is 0 Å². The zero-order valence-corrected chi connectivity index (χ0v) is 6.85. The zero-order valence-electron chi connectivity index (χ0n) is 6.85. The van der Waals surface area contributed by atoms with Crippen molar-refractivity contribution >= 4 is 5.78 Å². The molecule has 2 saturated carbocycles. The predicted octanol–water partition coefficient (Wildman–Crippen LogP) is 1.87. The highest BCUT2D eigenvalue weighted by atomic mass is 16.1. The molecule has 0 unspecified atom stereocenters. The van der Waals surface area contributed by atoms with Crippen molar-refractivity contribution in [2.75, 3.05) is 0 Å². The Labute approximate surface area is 61.8 Å². The summed E-state index contributed by atoms with van der Waals surface area (Å²) in [6.07, 6.45) is 0.826. The van der Waals surface area contributed by atoms with Crippen molar-refractivity contribution in [2.45, 2.75) is 27.2 Å². The molecule has 3 atom stereocenters. The molecule has 0 amide bonds. The summed E-state index contributed by atoms with van der Waals surface area (Å²) in [4.78, 5) is 11.2. The molecular formula is C9H14O. The number of Topliss-reactive ketones (excluding diaryl/α,β-unsaturated/α-hetero) is 1. The molecule has 2 fully saturated rings. The lowest BCUT2D eigenvalue weighted by Gasteiger charge is -2.18. The van der Waals surface area contributed by atoms with E-state index in [9.17, 15) is 4.79 Å². The average Bonchev–Trinajstić information content (AvgIpc) is 2.32. The second kappa shape index (κ2) is 1.46. The quantitative estimate of drug-likeness (QED) is 0.499. The normalized spacial score (nSPS) is 49.1. The third kappa shape index (κ3) is 0.561. The molecule has 0 radical (unpaired) electrons. The van der Waals surface area contributed by atoms with Gasteiger partial charge in [-0.25, -0.2) is 0 Å². The molecule has 1 heteroatoms. The lowest BCUT2D eigenvalue weighted by atomic mass is 9.85. The molecule has 0 bridgehead atoms. The Morgan fingerprint density at radius 1 is 1.50 bits per heavy atom. The van der Waals surface area contributed by atoms with Gasteiger partial charge in [0.15, 0.2) is 0 Å². The monoisotopic (exact) mass is 138 g/mol. The Morgan fingerprint density at radius 3 is 2.30 bits per heavy atom. The molecule has 2 aliphatic carbocycles. The van der Waals surface area contributed by atoms with Gasteiger partial charge >= 0.3 is 0 Å². The fraction of sp³-hybridized carbons (Fsp3) is 0.889. The zero-order chi connectivity index (χ0) is 7.52. The minimum Gasteiger partial charge on any atom is -0.299 e. The summed E-state index contributed by atoms with van der Waals surface area (Å²) in [6.45, 7) is 6.65. The van der Waals surface area contributed by atoms with Crippen LogP contribution in [0.5, 0.6) is 0 Å². The van der Waals surface area contributed by atoms with E-state index in [-0.39, 0.29) is 0 Å². The van der Waals surface area contributed by atoms with E-state index in [0.717, 1.165) is 12.3 Å². The van der Waals surface area contributed by atoms with E-state index in [1.165, 1.54) is 0 Å². The van der Waals surface area contributed by atoms with Gasteiger partial charge in [0, 0.05) is 12.3 Å². The van der Waals surface area contributed by atoms with Gasteiger partial charge in [0.25, 0.3) is 0 Å². The second-order valence-corrected chi connectivity index (χ2v) is 4.54. The highest BCUT2D eigenvalue weighted by Gasteiger charge is 2.63. The van der Waals surface area contributed by atoms with Gasteiger partial charge < -0.3 is 0 Å². The van der Waals surface area contributed by atoms with Crippen LogP contribution >= 0.6 is 0 Å². The van der Waals surface area contributed by atoms with Crippen molar-refractivity contribution in [3.63, 3.8) is 0 Å². The first-order valence-electron chi connectivity index (χ1n) is 4.07. The predicted molar refractivity (Wildman–Crippen MR) is 39.5 cm³/mol. The van der Waals surface area contributed by atoms with Crippen LogP contribution in [0.3, 0.4) is 0 Å². The average molecular weight is 138 g/mol. The molecule has 0 aliphatic heterocycles. The van der Waals surface area contributed by atoms with E-state index in [4.69, 9.17) is 0 Å². The molecule has 0 saturated heterocycles. The first-order valence-corrected chi connectivity index (χ1v) is 4.07. The van der Waals surface area contributed by atoms with Gasteiger partial charge in [0.05, 0.1) is 0 Å². The number of carbonyl (C=O) groups excluding carboxylic acids is 1. The van der Waals surface area contributed by atoms with E-state index in [1.807, 2.05) is 0 Å². The summed E-state index contributed by atoms with van der Waals surface area (Å²) in [7, 11) is 0. The number of carbonyl (C=O) groups is 1. The van der Waals surface area contributed by atoms with Crippen molar-refractivity contribution in [1.29, 1.82) is 0 Å². The van der Waals surface area contributed by atoms with Gasteiger partial charge in [-0.05, 0) is 17.3 Å². The molecule has 2 aliphatic rings. The summed E-state index contributed by atoms with van der Waals surface area (Å²) in [5.41, 5.74) is 0.321. The van der Waals surface area contributed by atoms with Crippen LogP contribution < -0.4 is 0 Å². The number of ketones is 1. The van der Waals surface area contributed by atoms with Crippen LogP contribution in [0.2, 0.25) is 0 Å². The molecule has 0 N–H and O–H groups in total. The summed E-state index contributed by atoms with van der Waals surface area (Å²) in [5, 5.41) is 0. The van der Waals surface area contributed by atoms with Crippen molar-refractivity contribution in [1.82, 2.24) is 0 Å². The van der Waals surface area contributed by atoms with E-state index in [2.05, 4.69) is 20.8 Å². The van der Waals surface area contributed by atoms with Crippen molar-refractivity contribution in [3.05, 3.63) is 0 Å². The molecule has 56 valence electrons. The number of fused-ring (bicyclic) bond motifs is 1. The lowest BCUT2D eigenvalue weighted by molar-refractivity contribution is -0.120. The summed E-state index contributed by atoms with van der Waals surface area (Å²) in [6, 6.07) is 0. The number of hydrogen-bond acceptors (Lipinski definition) is 1. The minimum atomic E-state index is 0.321. The first-order chi connectivity index (χ1) is 4.54. The van der Waals surface area contributed by atoms with Crippen LogP contribution in [-0.4, -0.2) is 5.78 Å². The number of hydrogen-bond donors (Lipinski definition) is 0. The smallest absolute Gasteiger partial charge is 0.137 e. The van der Waals surface area contributed by atoms with Crippen LogP contribution in [0, 0.1) is 23.2 Å². The van der Waals surface area contributed by atoms with Crippen molar-refractivity contribution in [3.8, 4) is 0 Å². The Bertz CT molecular complexity index is 193. The highest BCUT2D eigenvalue weighted by molar-refractivity contribution is 5.88. The maximum Gasteiger partial charge on any atom is 0.137 e. The molecule has 0 heterocycles. The maximum atomic E-state index is 11.2. The number of rotatable bonds is 0. The van der Waals surface area contributed by atoms with E-state index in [1.54, 1.807) is 0 Å². The van der Waals surface area contributed by atoms with Crippen LogP contribution in [-0.2, 0) is 4.79 Å². The molecular weight excluding hydrogens is 124 g/mol. The van der Waals surface area contributed by atoms with Gasteiger partial charge in [-0.2, -0.15) is 0 Å². The SMILES string of the molecule is C[C@@H]1[C@H]2C(=O)CC(C)(C)[C@@H]12. The van der Waals surface area contributed by atoms with Crippen LogP contribution in [0.25, 0.3) is 0 Å². The Morgan fingerprint density at radius 2 is 2.10 bits per heavy atom. The maximum absolute atomic E-state index is 11.2. The standard InChI is InChI=1S/C9H14O/c1-5-7-6(10)4-9(2,3)8(5)7/h5,7-8H,4H2,1-3H3/t5-,7+,8+/m1/s1. The van der Waals surface area contributed by atoms with Gasteiger partial charge in [-0.1, -0.05) is 20.8 Å². The van der Waals surface area contributed by atoms with E-state index < -0.39 is 0 Å². The lowest BCUT2D eigenvalue weighted by Crippen LogP contribution is -2.14. The summed E-state index contributed by atoms with van der Waals surface area (Å²) < 4.78 is 0. The Balaban J connectivity index is 2.27. The molecule has 0 spiro atoms. The van der Waals surface area contributed by atoms with Gasteiger partial charge in [0.2, 0.25) is 0 Å². The van der Waals surface area contributed by atoms with E-state index in [0.29, 0.717) is 23.0 Å². The fourth-order valence-electron chi connectivity index (χ4n) is 2.84. The second-order valence-electron chi connectivity index (χ2n) is 4.54. The molecule has 1 nitrogen and oxygen atoms in total. The first kappa shape index (κ1) is 6.38. The Hall–Kier alpha value is -0.330. The molecule has 2 rings (SSSR count). The summed E-state index contributed by atoms with van der Waals surface area (Å²) in [5.74, 6) is 2.38. The van der Waals surface area contributed by atoms with Crippen molar-refractivity contribution in [2.24, 2.45) is 23.2 Å². The summed E-state index contributed by atoms with van der Waals surface area (Å²) >= 11 is 0. The highest BCUT2D eigenvalue weighted by Crippen LogP contribution is 2.63. The third-order valence-electron chi connectivity index (χ3n) is 3.28. The van der Waals surface area contributed by atoms with Crippen molar-refractivity contribution < 1.29 is 4.79 Å². The largest absolute Gasteiger partial charge is 0.299 e.